The lowest BCUT2D eigenvalue weighted by molar-refractivity contribution is -0.135. The molecule has 0 aromatic heterocycles. The van der Waals surface area contributed by atoms with Gasteiger partial charge in [-0.15, -0.1) is 0 Å². The van der Waals surface area contributed by atoms with Gasteiger partial charge in [-0.1, -0.05) is 88.4 Å². The van der Waals surface area contributed by atoms with Crippen molar-refractivity contribution in [1.82, 2.24) is 26.2 Å². The zero-order valence-corrected chi connectivity index (χ0v) is 32.0. The highest BCUT2D eigenvalue weighted by Gasteiger charge is 2.50. The molecule has 12 nitrogen and oxygen atoms in total. The molecule has 4 amide bonds. The normalized spacial score (nSPS) is 19.5. The first-order chi connectivity index (χ1) is 25.3. The fourth-order valence-electron chi connectivity index (χ4n) is 6.49. The lowest BCUT2D eigenvalue weighted by Crippen LogP contribution is -2.59. The van der Waals surface area contributed by atoms with Crippen molar-refractivity contribution >= 4 is 29.4 Å². The van der Waals surface area contributed by atoms with Crippen LogP contribution < -0.4 is 21.3 Å². The molecule has 2 aromatic rings. The Balaban J connectivity index is 1.50. The van der Waals surface area contributed by atoms with E-state index in [-0.39, 0.29) is 36.5 Å². The zero-order chi connectivity index (χ0) is 38.4. The van der Waals surface area contributed by atoms with Crippen LogP contribution in [0.25, 0.3) is 0 Å². The highest BCUT2D eigenvalue weighted by molar-refractivity contribution is 5.98. The molecule has 0 aliphatic carbocycles. The van der Waals surface area contributed by atoms with Crippen LogP contribution in [0.5, 0.6) is 0 Å². The van der Waals surface area contributed by atoms with E-state index in [4.69, 9.17) is 9.47 Å². The fourth-order valence-corrected chi connectivity index (χ4v) is 6.49. The Kier molecular flexibility index (Phi) is 16.0. The molecule has 53 heavy (non-hydrogen) atoms. The van der Waals surface area contributed by atoms with Crippen molar-refractivity contribution in [1.29, 1.82) is 0 Å². The number of hydrogen-bond acceptors (Lipinski definition) is 8. The maximum Gasteiger partial charge on any atom is 0.243 e. The van der Waals surface area contributed by atoms with E-state index >= 15 is 0 Å². The van der Waals surface area contributed by atoms with E-state index in [1.807, 2.05) is 93.3 Å². The van der Waals surface area contributed by atoms with E-state index in [1.165, 1.54) is 0 Å². The maximum atomic E-state index is 14.1. The van der Waals surface area contributed by atoms with Gasteiger partial charge in [0.15, 0.2) is 5.78 Å². The number of nitrogens with zero attached hydrogens (tertiary/aromatic N) is 1. The molecule has 290 valence electrons. The standard InChI is InChI=1S/C41H59N5O7/c1-28(2)24-34(37(48)41(5)27-53-41)44-39(50)33(19-17-31-14-10-7-11-15-31)43-40(51)35(25-29(3)4)45-38(49)32(18-16-30-12-8-6-9-13-30)42-36(47)26-46-20-22-52-23-21-46/h6-15,28-29,32-35H,16-27H2,1-5H3,(H,42,47)(H,43,51)(H,44,50)(H,45,49)/t32-,33+,34+,35+,41+/m0/s1. The number of nitrogens with one attached hydrogen (secondary N) is 4. The van der Waals surface area contributed by atoms with Crippen LogP contribution >= 0.6 is 0 Å². The van der Waals surface area contributed by atoms with Crippen LogP contribution in [-0.2, 0) is 46.3 Å². The summed E-state index contributed by atoms with van der Waals surface area (Å²) in [4.78, 5) is 70.6. The van der Waals surface area contributed by atoms with E-state index in [1.54, 1.807) is 6.92 Å². The van der Waals surface area contributed by atoms with Crippen molar-refractivity contribution in [3.63, 3.8) is 0 Å². The molecule has 0 spiro atoms. The van der Waals surface area contributed by atoms with Crippen LogP contribution in [0.1, 0.15) is 71.4 Å². The number of epoxide rings is 1. The summed E-state index contributed by atoms with van der Waals surface area (Å²) >= 11 is 0. The largest absolute Gasteiger partial charge is 0.379 e. The molecule has 12 heteroatoms. The number of ketones is 1. The molecule has 0 saturated carbocycles. The second-order valence-corrected chi connectivity index (χ2v) is 15.4. The first-order valence-electron chi connectivity index (χ1n) is 19.1. The van der Waals surface area contributed by atoms with Gasteiger partial charge in [0.2, 0.25) is 23.6 Å². The Morgan fingerprint density at radius 3 is 1.58 bits per heavy atom. The average Bonchev–Trinajstić information content (AvgIpc) is 3.89. The lowest BCUT2D eigenvalue weighted by atomic mass is 9.93. The van der Waals surface area contributed by atoms with E-state index < -0.39 is 47.5 Å². The van der Waals surface area contributed by atoms with Gasteiger partial charge in [0, 0.05) is 13.1 Å². The van der Waals surface area contributed by atoms with Gasteiger partial charge in [-0.05, 0) is 68.4 Å². The second kappa shape index (κ2) is 20.4. The number of carbonyl (C=O) groups excluding carboxylic acids is 5. The summed E-state index contributed by atoms with van der Waals surface area (Å²) in [6.45, 7) is 12.4. The first kappa shape index (κ1) is 41.6. The molecule has 0 radical (unpaired) electrons. The maximum absolute atomic E-state index is 14.1. The van der Waals surface area contributed by atoms with Crippen molar-refractivity contribution in [3.05, 3.63) is 71.8 Å². The van der Waals surface area contributed by atoms with Gasteiger partial charge in [0.05, 0.1) is 32.4 Å². The van der Waals surface area contributed by atoms with Crippen molar-refractivity contribution < 1.29 is 33.4 Å². The third kappa shape index (κ3) is 14.0. The molecular weight excluding hydrogens is 674 g/mol. The van der Waals surface area contributed by atoms with Crippen molar-refractivity contribution in [3.8, 4) is 0 Å². The van der Waals surface area contributed by atoms with Gasteiger partial charge < -0.3 is 30.7 Å². The second-order valence-electron chi connectivity index (χ2n) is 15.4. The molecule has 5 atom stereocenters. The summed E-state index contributed by atoms with van der Waals surface area (Å²) in [6.07, 6.45) is 2.38. The van der Waals surface area contributed by atoms with E-state index in [9.17, 15) is 24.0 Å². The van der Waals surface area contributed by atoms with Crippen LogP contribution in [0.15, 0.2) is 60.7 Å². The third-order valence-electron chi connectivity index (χ3n) is 9.66. The average molecular weight is 734 g/mol. The number of morpholine rings is 1. The summed E-state index contributed by atoms with van der Waals surface area (Å²) in [5.74, 6) is -1.77. The predicted molar refractivity (Wildman–Crippen MR) is 203 cm³/mol. The van der Waals surface area contributed by atoms with Crippen molar-refractivity contribution in [2.75, 3.05) is 39.5 Å². The number of aryl methyl sites for hydroxylation is 2. The van der Waals surface area contributed by atoms with E-state index in [2.05, 4.69) is 21.3 Å². The van der Waals surface area contributed by atoms with E-state index in [0.717, 1.165) is 11.1 Å². The molecule has 4 N–H and O–H groups in total. The van der Waals surface area contributed by atoms with Crippen molar-refractivity contribution in [2.24, 2.45) is 11.8 Å². The van der Waals surface area contributed by atoms with Gasteiger partial charge >= 0.3 is 0 Å². The number of rotatable bonds is 21. The Bertz CT molecular complexity index is 1490. The Labute approximate surface area is 314 Å². The van der Waals surface area contributed by atoms with Gasteiger partial charge in [-0.3, -0.25) is 28.9 Å². The molecule has 2 heterocycles. The number of hydrogen-bond donors (Lipinski definition) is 4. The van der Waals surface area contributed by atoms with E-state index in [0.29, 0.717) is 65.0 Å². The highest BCUT2D eigenvalue weighted by Crippen LogP contribution is 2.29. The molecule has 0 unspecified atom stereocenters. The van der Waals surface area contributed by atoms with Crippen LogP contribution in [0, 0.1) is 11.8 Å². The SMILES string of the molecule is CC(C)C[C@@H](NC(=O)[C@H](CCc1ccccc1)NC(=O)CN1CCOCC1)C(=O)N[C@H](CCc1ccccc1)C(=O)N[C@H](CC(C)C)C(=O)[C@@]1(C)CO1. The van der Waals surface area contributed by atoms with Gasteiger partial charge in [-0.2, -0.15) is 0 Å². The Hall–Kier alpha value is -4.13. The molecule has 2 fully saturated rings. The predicted octanol–water partition coefficient (Wildman–Crippen LogP) is 2.97. The first-order valence-corrected chi connectivity index (χ1v) is 19.1. The van der Waals surface area contributed by atoms with Crippen LogP contribution in [0.4, 0.5) is 0 Å². The summed E-state index contributed by atoms with van der Waals surface area (Å²) in [5.41, 5.74) is 1.10. The van der Waals surface area contributed by atoms with Gasteiger partial charge in [0.1, 0.15) is 23.7 Å². The molecular formula is C41H59N5O7. The number of ether oxygens (including phenoxy) is 2. The minimum Gasteiger partial charge on any atom is -0.379 e. The monoisotopic (exact) mass is 733 g/mol. The van der Waals surface area contributed by atoms with Crippen LogP contribution in [0.3, 0.4) is 0 Å². The molecule has 2 aliphatic heterocycles. The quantitative estimate of drug-likeness (QED) is 0.143. The Morgan fingerprint density at radius 1 is 0.660 bits per heavy atom. The Morgan fingerprint density at radius 2 is 1.09 bits per heavy atom. The topological polar surface area (TPSA) is 158 Å². The van der Waals surface area contributed by atoms with Gasteiger partial charge in [-0.25, -0.2) is 0 Å². The van der Waals surface area contributed by atoms with Gasteiger partial charge in [0.25, 0.3) is 0 Å². The molecule has 2 aliphatic rings. The number of Topliss-reactive ketones (excluding diaryl/α,β-unsaturated/α-hetero) is 1. The minimum absolute atomic E-state index is 0.0219. The molecule has 2 saturated heterocycles. The number of amides is 4. The number of benzene rings is 2. The van der Waals surface area contributed by atoms with Crippen LogP contribution in [-0.4, -0.2) is 104 Å². The summed E-state index contributed by atoms with van der Waals surface area (Å²) < 4.78 is 10.8. The molecule has 0 bridgehead atoms. The van der Waals surface area contributed by atoms with Crippen molar-refractivity contribution in [2.45, 2.75) is 103 Å². The zero-order valence-electron chi connectivity index (χ0n) is 32.0. The number of carbonyl (C=O) groups is 5. The van der Waals surface area contributed by atoms with Crippen LogP contribution in [0.2, 0.25) is 0 Å². The lowest BCUT2D eigenvalue weighted by Gasteiger charge is -2.29. The summed E-state index contributed by atoms with van der Waals surface area (Å²) in [6, 6.07) is 15.7. The highest BCUT2D eigenvalue weighted by atomic mass is 16.6. The summed E-state index contributed by atoms with van der Waals surface area (Å²) in [7, 11) is 0. The fraction of sp³-hybridized carbons (Fsp3) is 0.585. The third-order valence-corrected chi connectivity index (χ3v) is 9.66. The smallest absolute Gasteiger partial charge is 0.243 e. The molecule has 4 rings (SSSR count). The molecule has 2 aromatic carbocycles. The minimum atomic E-state index is -0.980. The summed E-state index contributed by atoms with van der Waals surface area (Å²) in [5, 5.41) is 11.7.